The zero-order valence-electron chi connectivity index (χ0n) is 11.5. The zero-order valence-corrected chi connectivity index (χ0v) is 11.5. The predicted octanol–water partition coefficient (Wildman–Crippen LogP) is 1.58. The van der Waals surface area contributed by atoms with E-state index in [1.54, 1.807) is 0 Å². The van der Waals surface area contributed by atoms with Crippen molar-refractivity contribution in [3.63, 3.8) is 0 Å². The molecule has 0 amide bonds. The molecular weight excluding hydrogens is 210 g/mol. The van der Waals surface area contributed by atoms with Crippen molar-refractivity contribution >= 4 is 0 Å². The number of nitrogens with one attached hydrogen (secondary N) is 1. The number of rotatable bonds is 4. The summed E-state index contributed by atoms with van der Waals surface area (Å²) < 4.78 is 0. The molecule has 1 aliphatic carbocycles. The van der Waals surface area contributed by atoms with Crippen molar-refractivity contribution in [3.8, 4) is 0 Å². The standard InChI is InChI=1S/C14H29N3/c1-3-17-8-6-14(11-15,7-9-17)16-13-5-4-12(2)10-13/h12-13,16H,3-11,15H2,1-2H3. The number of piperidine rings is 1. The van der Waals surface area contributed by atoms with E-state index in [-0.39, 0.29) is 5.54 Å². The highest BCUT2D eigenvalue weighted by molar-refractivity contribution is 4.97. The predicted molar refractivity (Wildman–Crippen MR) is 73.1 cm³/mol. The van der Waals surface area contributed by atoms with Gasteiger partial charge in [-0.3, -0.25) is 0 Å². The molecule has 2 unspecified atom stereocenters. The lowest BCUT2D eigenvalue weighted by molar-refractivity contribution is 0.133. The van der Waals surface area contributed by atoms with E-state index in [0.29, 0.717) is 0 Å². The monoisotopic (exact) mass is 239 g/mol. The van der Waals surface area contributed by atoms with Gasteiger partial charge < -0.3 is 16.0 Å². The molecule has 2 atom stereocenters. The lowest BCUT2D eigenvalue weighted by atomic mass is 9.86. The molecule has 2 rings (SSSR count). The van der Waals surface area contributed by atoms with Crippen LogP contribution in [0.5, 0.6) is 0 Å². The van der Waals surface area contributed by atoms with Crippen molar-refractivity contribution in [1.29, 1.82) is 0 Å². The Morgan fingerprint density at radius 1 is 1.29 bits per heavy atom. The first kappa shape index (κ1) is 13.3. The Labute approximate surface area is 106 Å². The summed E-state index contributed by atoms with van der Waals surface area (Å²) in [4.78, 5) is 2.53. The van der Waals surface area contributed by atoms with Crippen molar-refractivity contribution < 1.29 is 0 Å². The van der Waals surface area contributed by atoms with Crippen molar-refractivity contribution in [3.05, 3.63) is 0 Å². The molecule has 0 spiro atoms. The molecule has 17 heavy (non-hydrogen) atoms. The Bertz CT molecular complexity index is 234. The van der Waals surface area contributed by atoms with Crippen LogP contribution in [-0.4, -0.2) is 42.7 Å². The van der Waals surface area contributed by atoms with Crippen LogP contribution in [-0.2, 0) is 0 Å². The van der Waals surface area contributed by atoms with Crippen LogP contribution < -0.4 is 11.1 Å². The minimum absolute atomic E-state index is 0.237. The summed E-state index contributed by atoms with van der Waals surface area (Å²) in [5.41, 5.74) is 6.29. The van der Waals surface area contributed by atoms with Crippen LogP contribution in [0.3, 0.4) is 0 Å². The van der Waals surface area contributed by atoms with Gasteiger partial charge in [0.15, 0.2) is 0 Å². The Kier molecular flexibility index (Phi) is 4.45. The summed E-state index contributed by atoms with van der Waals surface area (Å²) in [6.45, 7) is 9.03. The van der Waals surface area contributed by atoms with Gasteiger partial charge >= 0.3 is 0 Å². The molecule has 0 aromatic rings. The fraction of sp³-hybridized carbons (Fsp3) is 1.00. The molecule has 0 radical (unpaired) electrons. The molecule has 3 N–H and O–H groups in total. The normalized spacial score (nSPS) is 34.1. The van der Waals surface area contributed by atoms with E-state index in [2.05, 4.69) is 24.1 Å². The molecule has 0 aromatic carbocycles. The average molecular weight is 239 g/mol. The van der Waals surface area contributed by atoms with E-state index in [4.69, 9.17) is 5.73 Å². The highest BCUT2D eigenvalue weighted by atomic mass is 15.2. The van der Waals surface area contributed by atoms with Crippen LogP contribution in [0, 0.1) is 5.92 Å². The minimum Gasteiger partial charge on any atom is -0.329 e. The topological polar surface area (TPSA) is 41.3 Å². The van der Waals surface area contributed by atoms with Gasteiger partial charge in [0.05, 0.1) is 0 Å². The third-order valence-electron chi connectivity index (χ3n) is 4.86. The fourth-order valence-electron chi connectivity index (χ4n) is 3.48. The van der Waals surface area contributed by atoms with Gasteiger partial charge in [0.1, 0.15) is 0 Å². The Hall–Kier alpha value is -0.120. The quantitative estimate of drug-likeness (QED) is 0.782. The van der Waals surface area contributed by atoms with Gasteiger partial charge in [-0.2, -0.15) is 0 Å². The number of nitrogens with two attached hydrogens (primary N) is 1. The lowest BCUT2D eigenvalue weighted by Crippen LogP contribution is -2.59. The third kappa shape index (κ3) is 3.21. The minimum atomic E-state index is 0.237. The molecule has 0 aromatic heterocycles. The number of hydrogen-bond donors (Lipinski definition) is 2. The molecule has 3 nitrogen and oxygen atoms in total. The molecule has 100 valence electrons. The SMILES string of the molecule is CCN1CCC(CN)(NC2CCC(C)C2)CC1. The Morgan fingerprint density at radius 3 is 2.47 bits per heavy atom. The summed E-state index contributed by atoms with van der Waals surface area (Å²) >= 11 is 0. The second-order valence-electron chi connectivity index (χ2n) is 6.18. The van der Waals surface area contributed by atoms with Crippen molar-refractivity contribution in [1.82, 2.24) is 10.2 Å². The van der Waals surface area contributed by atoms with E-state index >= 15 is 0 Å². The van der Waals surface area contributed by atoms with E-state index in [0.717, 1.165) is 18.5 Å². The van der Waals surface area contributed by atoms with Gasteiger partial charge in [-0.25, -0.2) is 0 Å². The second kappa shape index (κ2) is 5.68. The van der Waals surface area contributed by atoms with Gasteiger partial charge in [0.25, 0.3) is 0 Å². The number of likely N-dealkylation sites (tertiary alicyclic amines) is 1. The molecule has 0 bridgehead atoms. The first-order valence-electron chi connectivity index (χ1n) is 7.37. The largest absolute Gasteiger partial charge is 0.329 e. The maximum atomic E-state index is 6.06. The van der Waals surface area contributed by atoms with Crippen molar-refractivity contribution in [2.24, 2.45) is 11.7 Å². The van der Waals surface area contributed by atoms with Crippen LogP contribution in [0.15, 0.2) is 0 Å². The third-order valence-corrected chi connectivity index (χ3v) is 4.86. The lowest BCUT2D eigenvalue weighted by Gasteiger charge is -2.43. The fourth-order valence-corrected chi connectivity index (χ4v) is 3.48. The van der Waals surface area contributed by atoms with Gasteiger partial charge in [-0.1, -0.05) is 13.8 Å². The van der Waals surface area contributed by atoms with E-state index in [1.807, 2.05) is 0 Å². The molecule has 2 fully saturated rings. The van der Waals surface area contributed by atoms with E-state index < -0.39 is 0 Å². The maximum absolute atomic E-state index is 6.06. The van der Waals surface area contributed by atoms with Crippen LogP contribution in [0.25, 0.3) is 0 Å². The van der Waals surface area contributed by atoms with Gasteiger partial charge in [0.2, 0.25) is 0 Å². The Balaban J connectivity index is 1.87. The van der Waals surface area contributed by atoms with Gasteiger partial charge in [-0.05, 0) is 57.7 Å². The summed E-state index contributed by atoms with van der Waals surface area (Å²) in [6, 6.07) is 0.724. The number of nitrogens with zero attached hydrogens (tertiary/aromatic N) is 1. The van der Waals surface area contributed by atoms with Crippen molar-refractivity contribution in [2.45, 2.75) is 57.5 Å². The molecule has 2 aliphatic rings. The summed E-state index contributed by atoms with van der Waals surface area (Å²) in [5, 5.41) is 3.90. The molecule has 1 saturated carbocycles. The average Bonchev–Trinajstić information content (AvgIpc) is 2.75. The summed E-state index contributed by atoms with van der Waals surface area (Å²) in [7, 11) is 0. The highest BCUT2D eigenvalue weighted by Crippen LogP contribution is 2.29. The van der Waals surface area contributed by atoms with Crippen LogP contribution in [0.2, 0.25) is 0 Å². The van der Waals surface area contributed by atoms with Crippen LogP contribution in [0.4, 0.5) is 0 Å². The van der Waals surface area contributed by atoms with Gasteiger partial charge in [-0.15, -0.1) is 0 Å². The van der Waals surface area contributed by atoms with Crippen LogP contribution in [0.1, 0.15) is 46.0 Å². The van der Waals surface area contributed by atoms with Crippen molar-refractivity contribution in [2.75, 3.05) is 26.2 Å². The smallest absolute Gasteiger partial charge is 0.0330 e. The molecule has 1 heterocycles. The highest BCUT2D eigenvalue weighted by Gasteiger charge is 2.36. The zero-order chi connectivity index (χ0) is 12.3. The van der Waals surface area contributed by atoms with Gasteiger partial charge in [0, 0.05) is 18.1 Å². The molecular formula is C14H29N3. The van der Waals surface area contributed by atoms with E-state index in [9.17, 15) is 0 Å². The summed E-state index contributed by atoms with van der Waals surface area (Å²) in [6.07, 6.45) is 6.53. The molecule has 3 heteroatoms. The molecule has 1 saturated heterocycles. The molecule has 1 aliphatic heterocycles. The second-order valence-corrected chi connectivity index (χ2v) is 6.18. The van der Waals surface area contributed by atoms with Crippen LogP contribution >= 0.6 is 0 Å². The van der Waals surface area contributed by atoms with E-state index in [1.165, 1.54) is 51.7 Å². The first-order valence-corrected chi connectivity index (χ1v) is 7.37. The maximum Gasteiger partial charge on any atom is 0.0330 e. The first-order chi connectivity index (χ1) is 8.17. The Morgan fingerprint density at radius 2 is 2.00 bits per heavy atom. The number of hydrogen-bond acceptors (Lipinski definition) is 3. The summed E-state index contributed by atoms with van der Waals surface area (Å²) in [5.74, 6) is 0.901.